The third kappa shape index (κ3) is 7.61. The topological polar surface area (TPSA) is 26.3 Å². The van der Waals surface area contributed by atoms with E-state index in [-0.39, 0.29) is 5.94 Å². The van der Waals surface area contributed by atoms with E-state index in [0.717, 1.165) is 6.47 Å². The molecule has 0 unspecified atom stereocenters. The van der Waals surface area contributed by atoms with Gasteiger partial charge in [-0.3, -0.25) is 0 Å². The number of hydrogen-bond donors (Lipinski definition) is 0. The lowest BCUT2D eigenvalue weighted by Crippen LogP contribution is -2.11. The predicted molar refractivity (Wildman–Crippen MR) is 30.2 cm³/mol. The van der Waals surface area contributed by atoms with Gasteiger partial charge in [0.1, 0.15) is 5.94 Å². The molecule has 10 heavy (non-hydrogen) atoms. The molecule has 0 aliphatic heterocycles. The van der Waals surface area contributed by atoms with Crippen molar-refractivity contribution < 1.29 is 22.7 Å². The Labute approximate surface area is 59.7 Å². The van der Waals surface area contributed by atoms with Crippen molar-refractivity contribution in [1.29, 1.82) is 0 Å². The van der Waals surface area contributed by atoms with E-state index in [9.17, 15) is 18.0 Å². The fourth-order valence-electron chi connectivity index (χ4n) is 0.223. The Bertz CT molecular complexity index is 103. The minimum absolute atomic E-state index is 0.303. The number of thioether (sulfide) groups is 1. The largest absolute Gasteiger partial charge is 0.446 e. The number of hydrogen-bond acceptors (Lipinski definition) is 3. The number of ether oxygens (including phenoxy) is 1. The first-order chi connectivity index (χ1) is 4.56. The smallest absolute Gasteiger partial charge is 0.418 e. The van der Waals surface area contributed by atoms with Crippen LogP contribution in [0.3, 0.4) is 0 Å². The summed E-state index contributed by atoms with van der Waals surface area (Å²) in [7, 11) is 0. The molecule has 0 aliphatic carbocycles. The molecule has 0 aromatic carbocycles. The predicted octanol–water partition coefficient (Wildman–Crippen LogP) is 1.32. The van der Waals surface area contributed by atoms with Gasteiger partial charge in [-0.05, 0) is 0 Å². The molecule has 0 saturated heterocycles. The Morgan fingerprint density at radius 3 is 2.50 bits per heavy atom. The zero-order valence-corrected chi connectivity index (χ0v) is 5.59. The van der Waals surface area contributed by atoms with Crippen LogP contribution in [0.2, 0.25) is 0 Å². The van der Waals surface area contributed by atoms with Crippen LogP contribution in [0.1, 0.15) is 0 Å². The molecule has 0 aromatic heterocycles. The highest BCUT2D eigenvalue weighted by atomic mass is 32.2. The molecule has 1 radical (unpaired) electrons. The van der Waals surface area contributed by atoms with Gasteiger partial charge in [0, 0.05) is 0 Å². The molecule has 59 valence electrons. The summed E-state index contributed by atoms with van der Waals surface area (Å²) in [5.41, 5.74) is 0. The van der Waals surface area contributed by atoms with Crippen LogP contribution < -0.4 is 0 Å². The standard InChI is InChI=1S/C4H4F3O2S/c5-4(6,7)1-10-3-9-2-8/h1,3H2. The molecule has 0 fully saturated rings. The van der Waals surface area contributed by atoms with Crippen molar-refractivity contribution in [3.05, 3.63) is 0 Å². The second-order valence-corrected chi connectivity index (χ2v) is 2.24. The van der Waals surface area contributed by atoms with Crippen LogP contribution in [-0.4, -0.2) is 24.3 Å². The molecule has 0 spiro atoms. The van der Waals surface area contributed by atoms with E-state index in [4.69, 9.17) is 0 Å². The Balaban J connectivity index is 3.12. The Morgan fingerprint density at radius 2 is 2.10 bits per heavy atom. The molecule has 0 rings (SSSR count). The highest BCUT2D eigenvalue weighted by Crippen LogP contribution is 2.20. The van der Waals surface area contributed by atoms with E-state index in [2.05, 4.69) is 4.74 Å². The van der Waals surface area contributed by atoms with Gasteiger partial charge >= 0.3 is 12.6 Å². The zero-order chi connectivity index (χ0) is 8.04. The van der Waals surface area contributed by atoms with E-state index >= 15 is 0 Å². The van der Waals surface area contributed by atoms with Crippen molar-refractivity contribution in [2.75, 3.05) is 11.7 Å². The van der Waals surface area contributed by atoms with Gasteiger partial charge in [0.05, 0.1) is 5.75 Å². The van der Waals surface area contributed by atoms with Crippen molar-refractivity contribution in [3.8, 4) is 0 Å². The number of rotatable bonds is 4. The highest BCUT2D eigenvalue weighted by molar-refractivity contribution is 7.99. The van der Waals surface area contributed by atoms with Crippen LogP contribution in [0, 0.1) is 0 Å². The van der Waals surface area contributed by atoms with Crippen molar-refractivity contribution >= 4 is 18.2 Å². The summed E-state index contributed by atoms with van der Waals surface area (Å²) in [6.07, 6.45) is -4.20. The maximum atomic E-state index is 11.3. The number of halogens is 3. The molecule has 0 atom stereocenters. The molecular weight excluding hydrogens is 169 g/mol. The summed E-state index contributed by atoms with van der Waals surface area (Å²) in [5.74, 6) is -1.31. The summed E-state index contributed by atoms with van der Waals surface area (Å²) in [6.45, 7) is 1.02. The second-order valence-electron chi connectivity index (χ2n) is 1.31. The summed E-state index contributed by atoms with van der Waals surface area (Å²) in [5, 5.41) is 0. The molecule has 0 amide bonds. The molecule has 0 aliphatic rings. The van der Waals surface area contributed by atoms with Gasteiger partial charge in [-0.2, -0.15) is 13.2 Å². The molecule has 0 N–H and O–H groups in total. The van der Waals surface area contributed by atoms with Gasteiger partial charge in [0.2, 0.25) is 0 Å². The summed E-state index contributed by atoms with van der Waals surface area (Å²) >= 11 is 0.475. The summed E-state index contributed by atoms with van der Waals surface area (Å²) < 4.78 is 37.8. The van der Waals surface area contributed by atoms with Crippen LogP contribution >= 0.6 is 11.8 Å². The van der Waals surface area contributed by atoms with Gasteiger partial charge in [-0.25, -0.2) is 4.79 Å². The normalized spacial score (nSPS) is 11.1. The summed E-state index contributed by atoms with van der Waals surface area (Å²) in [4.78, 5) is 9.29. The third-order valence-electron chi connectivity index (χ3n) is 0.467. The number of alkyl halides is 3. The minimum Gasteiger partial charge on any atom is -0.446 e. The number of carbonyl (C=O) groups excluding carboxylic acids is 1. The third-order valence-corrected chi connectivity index (χ3v) is 1.28. The quantitative estimate of drug-likeness (QED) is 0.473. The average molecular weight is 173 g/mol. The molecule has 0 saturated carbocycles. The van der Waals surface area contributed by atoms with E-state index in [1.54, 1.807) is 0 Å². The Kier molecular flexibility index (Phi) is 4.26. The summed E-state index contributed by atoms with van der Waals surface area (Å²) in [6, 6.07) is 0. The van der Waals surface area contributed by atoms with E-state index in [1.165, 1.54) is 0 Å². The van der Waals surface area contributed by atoms with Gasteiger partial charge in [0.15, 0.2) is 0 Å². The Morgan fingerprint density at radius 1 is 1.50 bits per heavy atom. The van der Waals surface area contributed by atoms with E-state index in [1.807, 2.05) is 0 Å². The lowest BCUT2D eigenvalue weighted by Gasteiger charge is -2.03. The molecule has 6 heteroatoms. The molecule has 0 heterocycles. The van der Waals surface area contributed by atoms with Crippen LogP contribution in [0.5, 0.6) is 0 Å². The van der Waals surface area contributed by atoms with Crippen molar-refractivity contribution in [2.24, 2.45) is 0 Å². The van der Waals surface area contributed by atoms with Crippen LogP contribution in [0.4, 0.5) is 13.2 Å². The van der Waals surface area contributed by atoms with Crippen molar-refractivity contribution in [2.45, 2.75) is 6.18 Å². The van der Waals surface area contributed by atoms with Gasteiger partial charge < -0.3 is 4.74 Å². The lowest BCUT2D eigenvalue weighted by atomic mass is 10.8. The fraction of sp³-hybridized carbons (Fsp3) is 0.750. The SMILES string of the molecule is O=[C]OCSCC(F)(F)F. The molecule has 0 aromatic rings. The van der Waals surface area contributed by atoms with Crippen LogP contribution in [0.15, 0.2) is 0 Å². The van der Waals surface area contributed by atoms with E-state index in [0.29, 0.717) is 11.8 Å². The fourth-order valence-corrected chi connectivity index (χ4v) is 0.669. The highest BCUT2D eigenvalue weighted by Gasteiger charge is 2.26. The molecule has 2 nitrogen and oxygen atoms in total. The lowest BCUT2D eigenvalue weighted by molar-refractivity contribution is -0.105. The monoisotopic (exact) mass is 173 g/mol. The van der Waals surface area contributed by atoms with Gasteiger partial charge in [-0.15, -0.1) is 11.8 Å². The van der Waals surface area contributed by atoms with E-state index < -0.39 is 11.9 Å². The average Bonchev–Trinajstić information content (AvgIpc) is 1.78. The second kappa shape index (κ2) is 4.43. The first-order valence-corrected chi connectivity index (χ1v) is 3.35. The van der Waals surface area contributed by atoms with Gasteiger partial charge in [0.25, 0.3) is 0 Å². The molecule has 0 bridgehead atoms. The Hall–Kier alpha value is -0.390. The van der Waals surface area contributed by atoms with Crippen LogP contribution in [0.25, 0.3) is 0 Å². The maximum Gasteiger partial charge on any atom is 0.418 e. The maximum absolute atomic E-state index is 11.3. The van der Waals surface area contributed by atoms with Crippen molar-refractivity contribution in [3.63, 3.8) is 0 Å². The zero-order valence-electron chi connectivity index (χ0n) is 4.77. The van der Waals surface area contributed by atoms with Crippen LogP contribution in [-0.2, 0) is 9.53 Å². The van der Waals surface area contributed by atoms with Crippen molar-refractivity contribution in [1.82, 2.24) is 0 Å². The first-order valence-electron chi connectivity index (χ1n) is 2.19. The minimum atomic E-state index is -4.20. The van der Waals surface area contributed by atoms with Gasteiger partial charge in [-0.1, -0.05) is 0 Å². The molecular formula is C4H4F3O2S. The first kappa shape index (κ1) is 9.61.